The number of furan rings is 1. The Morgan fingerprint density at radius 3 is 2.69 bits per heavy atom. The lowest BCUT2D eigenvalue weighted by molar-refractivity contribution is -0.133. The molecule has 3 N–H and O–H groups in total. The summed E-state index contributed by atoms with van der Waals surface area (Å²) in [4.78, 5) is 2.51. The van der Waals surface area contributed by atoms with Gasteiger partial charge in [-0.25, -0.2) is 5.41 Å². The highest BCUT2D eigenvalue weighted by atomic mass is 16.6. The first-order valence-corrected chi connectivity index (χ1v) is 12.2. The Morgan fingerprint density at radius 1 is 1.09 bits per heavy atom. The Balaban J connectivity index is 1.09. The molecule has 8 nitrogen and oxygen atoms in total. The molecule has 0 bridgehead atoms. The summed E-state index contributed by atoms with van der Waals surface area (Å²) in [5.74, 6) is 3.45. The van der Waals surface area contributed by atoms with E-state index in [0.29, 0.717) is 37.1 Å². The monoisotopic (exact) mass is 478 g/mol. The van der Waals surface area contributed by atoms with Crippen LogP contribution in [-0.2, 0) is 4.74 Å². The minimum atomic E-state index is -0.119. The van der Waals surface area contributed by atoms with E-state index in [0.717, 1.165) is 61.5 Å². The molecule has 1 aromatic heterocycles. The van der Waals surface area contributed by atoms with Crippen molar-refractivity contribution in [3.05, 3.63) is 53.8 Å². The van der Waals surface area contributed by atoms with E-state index in [1.54, 1.807) is 13.0 Å². The highest BCUT2D eigenvalue weighted by Crippen LogP contribution is 2.36. The number of benzene rings is 2. The number of nitrogens with zero attached hydrogens (tertiary/aromatic N) is 1. The fourth-order valence-corrected chi connectivity index (χ4v) is 4.76. The summed E-state index contributed by atoms with van der Waals surface area (Å²) < 4.78 is 28.4. The standard InChI is InChI=1S/C27H31N3O5/c1-18(28)34-27(29)26-17-21-22(4-2-5-23(21)35-26)31-13-3-10-30-11-8-19(9-12-30)20-6-7-24-25(16-20)33-15-14-32-24/h2,4-7,16-17,19,28-29H,3,8-15H2,1H3/p+1. The van der Waals surface area contributed by atoms with Crippen LogP contribution in [0.5, 0.6) is 17.2 Å². The molecule has 1 saturated heterocycles. The zero-order valence-corrected chi connectivity index (χ0v) is 20.0. The summed E-state index contributed by atoms with van der Waals surface area (Å²) in [6.07, 6.45) is 3.23. The van der Waals surface area contributed by atoms with Crippen LogP contribution in [0, 0.1) is 5.41 Å². The van der Waals surface area contributed by atoms with Crippen LogP contribution in [0.15, 0.2) is 46.9 Å². The predicted octanol–water partition coefficient (Wildman–Crippen LogP) is 3.37. The Morgan fingerprint density at radius 2 is 1.89 bits per heavy atom. The van der Waals surface area contributed by atoms with Crippen LogP contribution in [0.1, 0.15) is 43.4 Å². The van der Waals surface area contributed by atoms with E-state index in [-0.39, 0.29) is 11.8 Å². The van der Waals surface area contributed by atoms with Gasteiger partial charge in [0.15, 0.2) is 17.3 Å². The van der Waals surface area contributed by atoms with Crippen molar-refractivity contribution in [3.63, 3.8) is 0 Å². The molecular weight excluding hydrogens is 446 g/mol. The Kier molecular flexibility index (Phi) is 6.90. The van der Waals surface area contributed by atoms with Crippen molar-refractivity contribution in [3.8, 4) is 17.2 Å². The van der Waals surface area contributed by atoms with Crippen LogP contribution in [0.4, 0.5) is 0 Å². The Bertz CT molecular complexity index is 1210. The summed E-state index contributed by atoms with van der Waals surface area (Å²) in [7, 11) is 0. The van der Waals surface area contributed by atoms with Crippen molar-refractivity contribution in [2.24, 2.45) is 0 Å². The van der Waals surface area contributed by atoms with Gasteiger partial charge in [-0.05, 0) is 68.1 Å². The zero-order valence-electron chi connectivity index (χ0n) is 20.0. The second-order valence-corrected chi connectivity index (χ2v) is 9.04. The lowest BCUT2D eigenvalue weighted by atomic mass is 9.89. The molecule has 0 unspecified atom stereocenters. The van der Waals surface area contributed by atoms with Gasteiger partial charge in [0, 0.05) is 12.6 Å². The van der Waals surface area contributed by atoms with Crippen molar-refractivity contribution in [2.75, 3.05) is 39.5 Å². The second kappa shape index (κ2) is 10.4. The van der Waals surface area contributed by atoms with Gasteiger partial charge in [-0.3, -0.25) is 5.41 Å². The molecule has 5 rings (SSSR count). The van der Waals surface area contributed by atoms with Crippen LogP contribution in [-0.4, -0.2) is 56.2 Å². The van der Waals surface area contributed by atoms with Crippen LogP contribution < -0.4 is 19.6 Å². The van der Waals surface area contributed by atoms with Gasteiger partial charge in [-0.2, -0.15) is 0 Å². The highest BCUT2D eigenvalue weighted by Gasteiger charge is 2.22. The molecule has 3 heterocycles. The smallest absolute Gasteiger partial charge is 0.336 e. The molecule has 0 atom stereocenters. The van der Waals surface area contributed by atoms with Crippen LogP contribution in [0.2, 0.25) is 0 Å². The van der Waals surface area contributed by atoms with E-state index in [2.05, 4.69) is 17.0 Å². The largest absolute Gasteiger partial charge is 0.493 e. The first kappa shape index (κ1) is 23.2. The maximum atomic E-state index is 7.98. The number of fused-ring (bicyclic) bond motifs is 2. The molecule has 2 aliphatic rings. The minimum absolute atomic E-state index is 0.119. The molecule has 0 aliphatic carbocycles. The number of nitrogens with two attached hydrogens (primary N) is 1. The van der Waals surface area contributed by atoms with Gasteiger partial charge in [0.25, 0.3) is 5.90 Å². The average Bonchev–Trinajstić information content (AvgIpc) is 3.32. The fraction of sp³-hybridized carbons (Fsp3) is 0.407. The molecule has 2 aromatic carbocycles. The topological polar surface area (TPSA) is 103 Å². The third-order valence-electron chi connectivity index (χ3n) is 6.51. The average molecular weight is 479 g/mol. The normalized spacial score (nSPS) is 16.3. The lowest BCUT2D eigenvalue weighted by Gasteiger charge is -2.32. The molecule has 0 saturated carbocycles. The van der Waals surface area contributed by atoms with Crippen molar-refractivity contribution < 1.29 is 28.8 Å². The minimum Gasteiger partial charge on any atom is -0.493 e. The number of nitrogens with one attached hydrogen (secondary N) is 1. The first-order chi connectivity index (χ1) is 17.1. The molecular formula is C27H32N3O5+. The van der Waals surface area contributed by atoms with Crippen molar-refractivity contribution in [1.82, 2.24) is 4.90 Å². The maximum absolute atomic E-state index is 7.98. The van der Waals surface area contributed by atoms with Gasteiger partial charge in [0.05, 0.1) is 18.9 Å². The van der Waals surface area contributed by atoms with Crippen molar-refractivity contribution >= 4 is 22.8 Å². The van der Waals surface area contributed by atoms with Gasteiger partial charge in [0.1, 0.15) is 24.5 Å². The molecule has 3 aromatic rings. The van der Waals surface area contributed by atoms with Gasteiger partial charge in [-0.15, -0.1) is 0 Å². The first-order valence-electron chi connectivity index (χ1n) is 12.2. The SMILES string of the molecule is CC(=[NH2+])OC(=N)c1cc2c(OCCCN3CCC(c4ccc5c(c4)OCCO5)CC3)cccc2o1. The second-order valence-electron chi connectivity index (χ2n) is 9.04. The van der Waals surface area contributed by atoms with E-state index in [9.17, 15) is 0 Å². The number of likely N-dealkylation sites (tertiary alicyclic amines) is 1. The van der Waals surface area contributed by atoms with Crippen molar-refractivity contribution in [1.29, 1.82) is 5.41 Å². The number of piperidine rings is 1. The Labute approximate surface area is 204 Å². The van der Waals surface area contributed by atoms with E-state index >= 15 is 0 Å². The van der Waals surface area contributed by atoms with Gasteiger partial charge < -0.3 is 28.3 Å². The van der Waals surface area contributed by atoms with E-state index in [1.807, 2.05) is 24.3 Å². The number of hydrogen-bond donors (Lipinski definition) is 2. The molecule has 184 valence electrons. The lowest BCUT2D eigenvalue weighted by Crippen LogP contribution is -2.40. The van der Waals surface area contributed by atoms with E-state index in [1.165, 1.54) is 5.56 Å². The number of hydrogen-bond acceptors (Lipinski definition) is 7. The quantitative estimate of drug-likeness (QED) is 0.307. The maximum Gasteiger partial charge on any atom is 0.336 e. The summed E-state index contributed by atoms with van der Waals surface area (Å²) in [5, 5.41) is 14.3. The zero-order chi connectivity index (χ0) is 24.2. The number of ether oxygens (including phenoxy) is 4. The van der Waals surface area contributed by atoms with Crippen molar-refractivity contribution in [2.45, 2.75) is 32.1 Å². The summed E-state index contributed by atoms with van der Waals surface area (Å²) in [6, 6.07) is 13.8. The van der Waals surface area contributed by atoms with E-state index < -0.39 is 0 Å². The molecule has 35 heavy (non-hydrogen) atoms. The molecule has 0 amide bonds. The van der Waals surface area contributed by atoms with Gasteiger partial charge in [-0.1, -0.05) is 12.1 Å². The molecule has 2 aliphatic heterocycles. The predicted molar refractivity (Wildman–Crippen MR) is 133 cm³/mol. The molecule has 1 fully saturated rings. The van der Waals surface area contributed by atoms with Crippen LogP contribution in [0.3, 0.4) is 0 Å². The van der Waals surface area contributed by atoms with Crippen LogP contribution in [0.25, 0.3) is 11.0 Å². The number of rotatable bonds is 7. The third-order valence-corrected chi connectivity index (χ3v) is 6.51. The van der Waals surface area contributed by atoms with Gasteiger partial charge in [0.2, 0.25) is 0 Å². The summed E-state index contributed by atoms with van der Waals surface area (Å²) >= 11 is 0. The Hall–Kier alpha value is -3.52. The van der Waals surface area contributed by atoms with Gasteiger partial charge >= 0.3 is 5.90 Å². The summed E-state index contributed by atoms with van der Waals surface area (Å²) in [5.41, 5.74) is 2.00. The molecule has 0 spiro atoms. The third kappa shape index (κ3) is 5.43. The fourth-order valence-electron chi connectivity index (χ4n) is 4.76. The summed E-state index contributed by atoms with van der Waals surface area (Å²) in [6.45, 7) is 6.62. The van der Waals surface area contributed by atoms with E-state index in [4.69, 9.17) is 34.2 Å². The molecule has 0 radical (unpaired) electrons. The molecule has 8 heteroatoms. The van der Waals surface area contributed by atoms with Crippen LogP contribution >= 0.6 is 0 Å². The highest BCUT2D eigenvalue weighted by molar-refractivity contribution is 6.00.